The van der Waals surface area contributed by atoms with Crippen molar-refractivity contribution in [1.29, 1.82) is 0 Å². The largest absolute Gasteiger partial charge is 0.384 e. The number of nitrogens with one attached hydrogen (secondary N) is 1. The molecule has 1 heteroatoms. The maximum atomic E-state index is 4.43. The van der Waals surface area contributed by atoms with Gasteiger partial charge >= 0.3 is 0 Å². The molecule has 1 N–H and O–H groups in total. The van der Waals surface area contributed by atoms with Crippen LogP contribution in [0.3, 0.4) is 0 Å². The topological polar surface area (TPSA) is 12.0 Å². The van der Waals surface area contributed by atoms with Crippen molar-refractivity contribution in [2.45, 2.75) is 78.7 Å². The highest BCUT2D eigenvalue weighted by atomic mass is 15.0. The minimum Gasteiger partial charge on any atom is -0.384 e. The Bertz CT molecular complexity index is 441. The van der Waals surface area contributed by atoms with E-state index >= 15 is 0 Å². The quantitative estimate of drug-likeness (QED) is 0.449. The maximum absolute atomic E-state index is 4.43. The highest BCUT2D eigenvalue weighted by molar-refractivity contribution is 5.39. The van der Waals surface area contributed by atoms with Crippen LogP contribution in [0.5, 0.6) is 0 Å². The molecule has 0 spiro atoms. The van der Waals surface area contributed by atoms with Gasteiger partial charge in [-0.05, 0) is 49.2 Å². The Morgan fingerprint density at radius 3 is 2.68 bits per heavy atom. The molecule has 0 aromatic carbocycles. The number of hydrogen-bond donors (Lipinski definition) is 1. The first-order chi connectivity index (χ1) is 10.5. The molecule has 0 fully saturated rings. The summed E-state index contributed by atoms with van der Waals surface area (Å²) in [5.41, 5.74) is 4.29. The van der Waals surface area contributed by atoms with Crippen LogP contribution >= 0.6 is 0 Å². The molecule has 0 saturated heterocycles. The molecular formula is C21H35N. The van der Waals surface area contributed by atoms with Crippen LogP contribution in [0.2, 0.25) is 0 Å². The molecule has 22 heavy (non-hydrogen) atoms. The number of allylic oxidation sites excluding steroid dienone is 3. The Balaban J connectivity index is 1.82. The van der Waals surface area contributed by atoms with Gasteiger partial charge in [0, 0.05) is 17.7 Å². The predicted molar refractivity (Wildman–Crippen MR) is 97.7 cm³/mol. The molecule has 2 rings (SSSR count). The highest BCUT2D eigenvalue weighted by Gasteiger charge is 2.34. The molecule has 1 heterocycles. The third-order valence-electron chi connectivity index (χ3n) is 5.48. The molecule has 1 nitrogen and oxygen atoms in total. The Morgan fingerprint density at radius 1 is 1.23 bits per heavy atom. The molecule has 3 unspecified atom stereocenters. The van der Waals surface area contributed by atoms with Gasteiger partial charge in [0.05, 0.1) is 0 Å². The van der Waals surface area contributed by atoms with E-state index in [-0.39, 0.29) is 0 Å². The second-order valence-electron chi connectivity index (χ2n) is 7.78. The molecule has 1 aliphatic carbocycles. The summed E-state index contributed by atoms with van der Waals surface area (Å²) < 4.78 is 0. The van der Waals surface area contributed by atoms with E-state index in [4.69, 9.17) is 0 Å². The molecule has 0 bridgehead atoms. The molecule has 0 aromatic rings. The van der Waals surface area contributed by atoms with E-state index in [2.05, 4.69) is 51.7 Å². The summed E-state index contributed by atoms with van der Waals surface area (Å²) in [7, 11) is 0. The van der Waals surface area contributed by atoms with Crippen molar-refractivity contribution in [3.63, 3.8) is 0 Å². The standard InChI is InChI=1S/C21H35N/c1-15(2)11-8-6-7-9-13-19-17(4)18(5)21-16(3)12-10-14-20(21)22-19/h10,12,15-16,20-22H,5-9,11,13-14H2,1-4H3. The normalized spacial score (nSPS) is 28.0. The van der Waals surface area contributed by atoms with Crippen LogP contribution in [-0.4, -0.2) is 6.04 Å². The first-order valence-corrected chi connectivity index (χ1v) is 9.32. The molecule has 3 atom stereocenters. The van der Waals surface area contributed by atoms with Crippen LogP contribution < -0.4 is 5.32 Å². The molecule has 0 aromatic heterocycles. The van der Waals surface area contributed by atoms with Crippen molar-refractivity contribution in [2.24, 2.45) is 17.8 Å². The second-order valence-corrected chi connectivity index (χ2v) is 7.78. The van der Waals surface area contributed by atoms with Crippen LogP contribution in [0.1, 0.15) is 72.6 Å². The number of fused-ring (bicyclic) bond motifs is 1. The fraction of sp³-hybridized carbons (Fsp3) is 0.714. The van der Waals surface area contributed by atoms with E-state index in [1.165, 1.54) is 55.4 Å². The minimum atomic E-state index is 0.576. The molecular weight excluding hydrogens is 266 g/mol. The van der Waals surface area contributed by atoms with Gasteiger partial charge in [0.15, 0.2) is 0 Å². The van der Waals surface area contributed by atoms with Gasteiger partial charge < -0.3 is 5.32 Å². The van der Waals surface area contributed by atoms with E-state index in [0.717, 1.165) is 12.3 Å². The van der Waals surface area contributed by atoms with Gasteiger partial charge in [0.1, 0.15) is 0 Å². The third kappa shape index (κ3) is 4.27. The van der Waals surface area contributed by atoms with Gasteiger partial charge in [-0.25, -0.2) is 0 Å². The van der Waals surface area contributed by atoms with Gasteiger partial charge in [0.2, 0.25) is 0 Å². The lowest BCUT2D eigenvalue weighted by atomic mass is 9.72. The van der Waals surface area contributed by atoms with E-state index in [1.807, 2.05) is 0 Å². The SMILES string of the molecule is C=C1C(C)=C(CCCCCCC(C)C)NC2CC=CC(C)C12. The Hall–Kier alpha value is -0.980. The average molecular weight is 302 g/mol. The van der Waals surface area contributed by atoms with E-state index in [1.54, 1.807) is 0 Å². The van der Waals surface area contributed by atoms with Gasteiger partial charge in [-0.2, -0.15) is 0 Å². The summed E-state index contributed by atoms with van der Waals surface area (Å²) in [5, 5.41) is 3.84. The van der Waals surface area contributed by atoms with Crippen molar-refractivity contribution in [3.8, 4) is 0 Å². The number of hydrogen-bond acceptors (Lipinski definition) is 1. The summed E-state index contributed by atoms with van der Waals surface area (Å²) in [6, 6.07) is 0.576. The molecule has 2 aliphatic rings. The lowest BCUT2D eigenvalue weighted by molar-refractivity contribution is 0.326. The fourth-order valence-corrected chi connectivity index (χ4v) is 4.02. The first kappa shape index (κ1) is 17.4. The van der Waals surface area contributed by atoms with E-state index in [0.29, 0.717) is 17.9 Å². The van der Waals surface area contributed by atoms with Crippen LogP contribution in [-0.2, 0) is 0 Å². The molecule has 0 radical (unpaired) electrons. The summed E-state index contributed by atoms with van der Waals surface area (Å²) in [5.74, 6) is 2.07. The zero-order chi connectivity index (χ0) is 16.1. The Kier molecular flexibility index (Phi) is 6.35. The van der Waals surface area contributed by atoms with Crippen molar-refractivity contribution >= 4 is 0 Å². The summed E-state index contributed by atoms with van der Waals surface area (Å²) >= 11 is 0. The van der Waals surface area contributed by atoms with Crippen LogP contribution in [0.25, 0.3) is 0 Å². The van der Waals surface area contributed by atoms with Crippen LogP contribution in [0.15, 0.2) is 35.6 Å². The molecule has 0 amide bonds. The minimum absolute atomic E-state index is 0.576. The zero-order valence-corrected chi connectivity index (χ0v) is 15.1. The monoisotopic (exact) mass is 301 g/mol. The van der Waals surface area contributed by atoms with Gasteiger partial charge in [0.25, 0.3) is 0 Å². The molecule has 0 saturated carbocycles. The maximum Gasteiger partial charge on any atom is 0.0366 e. The van der Waals surface area contributed by atoms with Crippen LogP contribution in [0, 0.1) is 17.8 Å². The van der Waals surface area contributed by atoms with E-state index < -0.39 is 0 Å². The lowest BCUT2D eigenvalue weighted by Crippen LogP contribution is -2.44. The van der Waals surface area contributed by atoms with Gasteiger partial charge in [-0.3, -0.25) is 0 Å². The second kappa shape index (κ2) is 8.04. The molecule has 124 valence electrons. The highest BCUT2D eigenvalue weighted by Crippen LogP contribution is 2.39. The Labute approximate surface area is 138 Å². The van der Waals surface area contributed by atoms with Gasteiger partial charge in [-0.15, -0.1) is 0 Å². The van der Waals surface area contributed by atoms with Gasteiger partial charge in [-0.1, -0.05) is 65.2 Å². The predicted octanol–water partition coefficient (Wildman–Crippen LogP) is 6.00. The van der Waals surface area contributed by atoms with Crippen molar-refractivity contribution in [1.82, 2.24) is 5.32 Å². The van der Waals surface area contributed by atoms with Crippen LogP contribution in [0.4, 0.5) is 0 Å². The van der Waals surface area contributed by atoms with Crippen molar-refractivity contribution in [3.05, 3.63) is 35.6 Å². The number of rotatable bonds is 7. The van der Waals surface area contributed by atoms with E-state index in [9.17, 15) is 0 Å². The van der Waals surface area contributed by atoms with Crippen molar-refractivity contribution < 1.29 is 0 Å². The first-order valence-electron chi connectivity index (χ1n) is 9.32. The summed E-state index contributed by atoms with van der Waals surface area (Å²) in [6.45, 7) is 13.7. The zero-order valence-electron chi connectivity index (χ0n) is 15.1. The number of unbranched alkanes of at least 4 members (excludes halogenated alkanes) is 3. The summed E-state index contributed by atoms with van der Waals surface area (Å²) in [4.78, 5) is 0. The summed E-state index contributed by atoms with van der Waals surface area (Å²) in [6.07, 6.45) is 13.9. The Morgan fingerprint density at radius 2 is 1.95 bits per heavy atom. The average Bonchev–Trinajstić information content (AvgIpc) is 2.47. The molecule has 1 aliphatic heterocycles. The smallest absolute Gasteiger partial charge is 0.0366 e. The fourth-order valence-electron chi connectivity index (χ4n) is 4.02. The lowest BCUT2D eigenvalue weighted by Gasteiger charge is -2.41. The van der Waals surface area contributed by atoms with Crippen molar-refractivity contribution in [2.75, 3.05) is 0 Å². The third-order valence-corrected chi connectivity index (χ3v) is 5.48.